The van der Waals surface area contributed by atoms with Crippen LogP contribution >= 0.6 is 0 Å². The number of carbonyl (C=O) groups excluding carboxylic acids is 1. The topological polar surface area (TPSA) is 32.3 Å². The lowest BCUT2D eigenvalue weighted by atomic mass is 9.93. The third-order valence-electron chi connectivity index (χ3n) is 3.15. The third kappa shape index (κ3) is 4.52. The summed E-state index contributed by atoms with van der Waals surface area (Å²) >= 11 is 0. The Labute approximate surface area is 99.6 Å². The Morgan fingerprint density at radius 1 is 1.44 bits per heavy atom. The molecule has 1 amide bonds. The summed E-state index contributed by atoms with van der Waals surface area (Å²) in [6.07, 6.45) is 2.78. The number of nitrogens with zero attached hydrogens (tertiary/aromatic N) is 1. The zero-order valence-corrected chi connectivity index (χ0v) is 11.2. The van der Waals surface area contributed by atoms with Gasteiger partial charge in [-0.2, -0.15) is 0 Å². The standard InChI is InChI=1S/C13H26N2O/c1-11(2)14-8-5-6-12(16)15-9-7-13(3,4)10-15/h11,14H,5-10H2,1-4H3. The first kappa shape index (κ1) is 13.5. The number of hydrogen-bond donors (Lipinski definition) is 1. The summed E-state index contributed by atoms with van der Waals surface area (Å²) in [6, 6.07) is 0.515. The number of likely N-dealkylation sites (tertiary alicyclic amines) is 1. The molecule has 1 aliphatic heterocycles. The van der Waals surface area contributed by atoms with E-state index in [2.05, 4.69) is 33.0 Å². The van der Waals surface area contributed by atoms with Crippen LogP contribution in [0.5, 0.6) is 0 Å². The fourth-order valence-corrected chi connectivity index (χ4v) is 2.11. The zero-order chi connectivity index (χ0) is 12.2. The maximum absolute atomic E-state index is 11.9. The van der Waals surface area contributed by atoms with E-state index in [4.69, 9.17) is 0 Å². The van der Waals surface area contributed by atoms with Gasteiger partial charge in [0.2, 0.25) is 5.91 Å². The van der Waals surface area contributed by atoms with Gasteiger partial charge in [0, 0.05) is 25.6 Å². The highest BCUT2D eigenvalue weighted by Crippen LogP contribution is 2.29. The van der Waals surface area contributed by atoms with E-state index >= 15 is 0 Å². The van der Waals surface area contributed by atoms with Crippen molar-refractivity contribution >= 4 is 5.91 Å². The summed E-state index contributed by atoms with van der Waals surface area (Å²) < 4.78 is 0. The predicted molar refractivity (Wildman–Crippen MR) is 67.4 cm³/mol. The number of amides is 1. The van der Waals surface area contributed by atoms with Crippen LogP contribution in [-0.2, 0) is 4.79 Å². The molecule has 3 nitrogen and oxygen atoms in total. The summed E-state index contributed by atoms with van der Waals surface area (Å²) in [5.74, 6) is 0.330. The molecule has 16 heavy (non-hydrogen) atoms. The molecule has 1 rings (SSSR count). The van der Waals surface area contributed by atoms with Crippen molar-refractivity contribution in [1.82, 2.24) is 10.2 Å². The number of carbonyl (C=O) groups is 1. The monoisotopic (exact) mass is 226 g/mol. The molecule has 0 spiro atoms. The van der Waals surface area contributed by atoms with Crippen molar-refractivity contribution in [3.8, 4) is 0 Å². The first-order valence-electron chi connectivity index (χ1n) is 6.42. The van der Waals surface area contributed by atoms with Gasteiger partial charge in [0.15, 0.2) is 0 Å². The van der Waals surface area contributed by atoms with E-state index in [9.17, 15) is 4.79 Å². The molecule has 0 saturated carbocycles. The molecule has 0 unspecified atom stereocenters. The van der Waals surface area contributed by atoms with Crippen LogP contribution in [0.2, 0.25) is 0 Å². The minimum Gasteiger partial charge on any atom is -0.342 e. The zero-order valence-electron chi connectivity index (χ0n) is 11.2. The summed E-state index contributed by atoms with van der Waals surface area (Å²) in [5.41, 5.74) is 0.325. The maximum Gasteiger partial charge on any atom is 0.222 e. The van der Waals surface area contributed by atoms with Gasteiger partial charge in [0.25, 0.3) is 0 Å². The molecule has 1 heterocycles. The van der Waals surface area contributed by atoms with E-state index in [0.29, 0.717) is 23.8 Å². The number of rotatable bonds is 5. The van der Waals surface area contributed by atoms with Gasteiger partial charge in [0.05, 0.1) is 0 Å². The molecular weight excluding hydrogens is 200 g/mol. The van der Waals surface area contributed by atoms with Crippen molar-refractivity contribution in [2.75, 3.05) is 19.6 Å². The lowest BCUT2D eigenvalue weighted by Gasteiger charge is -2.20. The van der Waals surface area contributed by atoms with Crippen molar-refractivity contribution in [2.45, 2.75) is 53.0 Å². The Balaban J connectivity index is 2.16. The maximum atomic E-state index is 11.9. The lowest BCUT2D eigenvalue weighted by Crippen LogP contribution is -2.31. The van der Waals surface area contributed by atoms with Crippen LogP contribution in [-0.4, -0.2) is 36.5 Å². The van der Waals surface area contributed by atoms with Gasteiger partial charge in [-0.05, 0) is 24.8 Å². The van der Waals surface area contributed by atoms with Crippen LogP contribution in [0.25, 0.3) is 0 Å². The molecule has 1 fully saturated rings. The van der Waals surface area contributed by atoms with Crippen molar-refractivity contribution in [3.05, 3.63) is 0 Å². The largest absolute Gasteiger partial charge is 0.342 e. The second kappa shape index (κ2) is 5.67. The predicted octanol–water partition coefficient (Wildman–Crippen LogP) is 2.02. The Kier molecular flexibility index (Phi) is 4.78. The molecule has 0 aromatic rings. The van der Waals surface area contributed by atoms with Crippen molar-refractivity contribution in [2.24, 2.45) is 5.41 Å². The van der Waals surface area contributed by atoms with Gasteiger partial charge in [-0.3, -0.25) is 4.79 Å². The molecule has 3 heteroatoms. The van der Waals surface area contributed by atoms with Crippen LogP contribution in [0.3, 0.4) is 0 Å². The summed E-state index contributed by atoms with van der Waals surface area (Å²) in [5, 5.41) is 3.34. The lowest BCUT2D eigenvalue weighted by molar-refractivity contribution is -0.130. The minimum absolute atomic E-state index is 0.325. The van der Waals surface area contributed by atoms with Gasteiger partial charge in [0.1, 0.15) is 0 Å². The molecular formula is C13H26N2O. The summed E-state index contributed by atoms with van der Waals surface area (Å²) in [7, 11) is 0. The van der Waals surface area contributed by atoms with E-state index in [1.165, 1.54) is 0 Å². The molecule has 0 aromatic heterocycles. The van der Waals surface area contributed by atoms with Gasteiger partial charge in [-0.25, -0.2) is 0 Å². The van der Waals surface area contributed by atoms with Crippen LogP contribution in [0.4, 0.5) is 0 Å². The first-order chi connectivity index (χ1) is 7.41. The smallest absolute Gasteiger partial charge is 0.222 e. The SMILES string of the molecule is CC(C)NCCCC(=O)N1CCC(C)(C)C1. The molecule has 0 bridgehead atoms. The van der Waals surface area contributed by atoms with Crippen LogP contribution in [0.1, 0.15) is 47.0 Å². The van der Waals surface area contributed by atoms with Gasteiger partial charge in [-0.1, -0.05) is 27.7 Å². The molecule has 0 atom stereocenters. The fraction of sp³-hybridized carbons (Fsp3) is 0.923. The average molecular weight is 226 g/mol. The van der Waals surface area contributed by atoms with E-state index in [-0.39, 0.29) is 0 Å². The number of hydrogen-bond acceptors (Lipinski definition) is 2. The van der Waals surface area contributed by atoms with Crippen molar-refractivity contribution < 1.29 is 4.79 Å². The van der Waals surface area contributed by atoms with E-state index < -0.39 is 0 Å². The Hall–Kier alpha value is -0.570. The Bertz CT molecular complexity index is 236. The normalized spacial score (nSPS) is 19.4. The molecule has 1 saturated heterocycles. The highest BCUT2D eigenvalue weighted by molar-refractivity contribution is 5.76. The second-order valence-corrected chi connectivity index (χ2v) is 5.94. The molecule has 0 aromatic carbocycles. The van der Waals surface area contributed by atoms with Crippen LogP contribution in [0, 0.1) is 5.41 Å². The van der Waals surface area contributed by atoms with Gasteiger partial charge in [-0.15, -0.1) is 0 Å². The number of nitrogens with one attached hydrogen (secondary N) is 1. The van der Waals surface area contributed by atoms with Crippen molar-refractivity contribution in [3.63, 3.8) is 0 Å². The summed E-state index contributed by atoms with van der Waals surface area (Å²) in [4.78, 5) is 13.9. The Morgan fingerprint density at radius 2 is 2.12 bits per heavy atom. The third-order valence-corrected chi connectivity index (χ3v) is 3.15. The minimum atomic E-state index is 0.325. The highest BCUT2D eigenvalue weighted by atomic mass is 16.2. The average Bonchev–Trinajstić information content (AvgIpc) is 2.53. The van der Waals surface area contributed by atoms with E-state index in [1.807, 2.05) is 4.90 Å². The second-order valence-electron chi connectivity index (χ2n) is 5.94. The molecule has 1 aliphatic rings. The van der Waals surface area contributed by atoms with Crippen LogP contribution in [0.15, 0.2) is 0 Å². The molecule has 94 valence electrons. The van der Waals surface area contributed by atoms with Crippen molar-refractivity contribution in [1.29, 1.82) is 0 Å². The van der Waals surface area contributed by atoms with E-state index in [1.54, 1.807) is 0 Å². The molecule has 0 aliphatic carbocycles. The fourth-order valence-electron chi connectivity index (χ4n) is 2.11. The highest BCUT2D eigenvalue weighted by Gasteiger charge is 2.31. The quantitative estimate of drug-likeness (QED) is 0.727. The Morgan fingerprint density at radius 3 is 2.62 bits per heavy atom. The van der Waals surface area contributed by atoms with E-state index in [0.717, 1.165) is 32.5 Å². The molecule has 1 N–H and O–H groups in total. The summed E-state index contributed by atoms with van der Waals surface area (Å²) in [6.45, 7) is 11.6. The van der Waals surface area contributed by atoms with Gasteiger partial charge >= 0.3 is 0 Å². The first-order valence-corrected chi connectivity index (χ1v) is 6.42. The van der Waals surface area contributed by atoms with Gasteiger partial charge < -0.3 is 10.2 Å². The van der Waals surface area contributed by atoms with Crippen LogP contribution < -0.4 is 5.32 Å². The molecule has 0 radical (unpaired) electrons.